The molecule has 0 amide bonds. The van der Waals surface area contributed by atoms with Crippen molar-refractivity contribution in [2.75, 3.05) is 20.1 Å². The van der Waals surface area contributed by atoms with Gasteiger partial charge in [0, 0.05) is 19.5 Å². The highest BCUT2D eigenvalue weighted by atomic mass is 16.5. The van der Waals surface area contributed by atoms with Crippen LogP contribution in [0.5, 0.6) is 0 Å². The molecule has 2 aliphatic rings. The molecule has 0 bridgehead atoms. The van der Waals surface area contributed by atoms with Crippen LogP contribution in [0, 0.1) is 0 Å². The number of rotatable bonds is 1. The summed E-state index contributed by atoms with van der Waals surface area (Å²) in [5.74, 6) is 0. The van der Waals surface area contributed by atoms with E-state index in [0.717, 1.165) is 44.5 Å². The first kappa shape index (κ1) is 10.9. The predicted molar refractivity (Wildman–Crippen MR) is 58.5 cm³/mol. The minimum absolute atomic E-state index is 0.0330. The van der Waals surface area contributed by atoms with Gasteiger partial charge in [0.1, 0.15) is 0 Å². The second-order valence-electron chi connectivity index (χ2n) is 4.77. The number of oxime groups is 1. The molecule has 1 N–H and O–H groups in total. The predicted octanol–water partition coefficient (Wildman–Crippen LogP) is 1.48. The molecule has 4 heteroatoms. The van der Waals surface area contributed by atoms with Crippen LogP contribution in [-0.4, -0.2) is 47.7 Å². The van der Waals surface area contributed by atoms with Crippen LogP contribution in [-0.2, 0) is 4.74 Å². The first-order valence-electron chi connectivity index (χ1n) is 5.76. The van der Waals surface area contributed by atoms with E-state index in [1.165, 1.54) is 0 Å². The standard InChI is InChI=1S/C11H20N2O2/c1-3-10-9(12-14)8-11(15-10)4-6-13(2)7-5-11/h10,14H,3-8H2,1-2H3/b12-9+. The average Bonchev–Trinajstić information content (AvgIpc) is 2.62. The fourth-order valence-electron chi connectivity index (χ4n) is 2.59. The van der Waals surface area contributed by atoms with Crippen molar-refractivity contribution in [3.63, 3.8) is 0 Å². The van der Waals surface area contributed by atoms with Crippen molar-refractivity contribution in [1.82, 2.24) is 4.90 Å². The molecule has 0 radical (unpaired) electrons. The molecule has 0 aliphatic carbocycles. The second-order valence-corrected chi connectivity index (χ2v) is 4.77. The largest absolute Gasteiger partial charge is 0.411 e. The Morgan fingerprint density at radius 1 is 1.53 bits per heavy atom. The van der Waals surface area contributed by atoms with Crippen LogP contribution >= 0.6 is 0 Å². The van der Waals surface area contributed by atoms with E-state index in [2.05, 4.69) is 24.0 Å². The topological polar surface area (TPSA) is 45.1 Å². The smallest absolute Gasteiger partial charge is 0.0995 e. The molecule has 1 atom stereocenters. The molecule has 2 fully saturated rings. The summed E-state index contributed by atoms with van der Waals surface area (Å²) in [6.07, 6.45) is 3.86. The average molecular weight is 212 g/mol. The lowest BCUT2D eigenvalue weighted by Gasteiger charge is -2.37. The highest BCUT2D eigenvalue weighted by molar-refractivity contribution is 5.90. The summed E-state index contributed by atoms with van der Waals surface area (Å²) >= 11 is 0. The molecule has 86 valence electrons. The quantitative estimate of drug-likeness (QED) is 0.529. The normalized spacial score (nSPS) is 34.0. The van der Waals surface area contributed by atoms with Gasteiger partial charge in [-0.25, -0.2) is 0 Å². The molecule has 4 nitrogen and oxygen atoms in total. The van der Waals surface area contributed by atoms with Gasteiger partial charge in [0.2, 0.25) is 0 Å². The maximum absolute atomic E-state index is 8.93. The number of likely N-dealkylation sites (tertiary alicyclic amines) is 1. The lowest BCUT2D eigenvalue weighted by atomic mass is 9.88. The Morgan fingerprint density at radius 2 is 2.20 bits per heavy atom. The van der Waals surface area contributed by atoms with Crippen molar-refractivity contribution in [3.05, 3.63) is 0 Å². The highest BCUT2D eigenvalue weighted by Gasteiger charge is 2.45. The fraction of sp³-hybridized carbons (Fsp3) is 0.909. The Hall–Kier alpha value is -0.610. The Bertz CT molecular complexity index is 257. The van der Waals surface area contributed by atoms with E-state index in [4.69, 9.17) is 9.94 Å². The van der Waals surface area contributed by atoms with Gasteiger partial charge in [0.15, 0.2) is 0 Å². The Morgan fingerprint density at radius 3 is 2.67 bits per heavy atom. The summed E-state index contributed by atoms with van der Waals surface area (Å²) in [5, 5.41) is 12.3. The van der Waals surface area contributed by atoms with Gasteiger partial charge >= 0.3 is 0 Å². The molecular weight excluding hydrogens is 192 g/mol. The molecule has 1 spiro atoms. The number of piperidine rings is 1. The van der Waals surface area contributed by atoms with Gasteiger partial charge in [-0.05, 0) is 26.3 Å². The Kier molecular flexibility index (Phi) is 2.98. The molecule has 15 heavy (non-hydrogen) atoms. The minimum atomic E-state index is -0.0330. The number of nitrogens with zero attached hydrogens (tertiary/aromatic N) is 2. The van der Waals surface area contributed by atoms with Gasteiger partial charge in [-0.3, -0.25) is 0 Å². The van der Waals surface area contributed by atoms with E-state index >= 15 is 0 Å². The fourth-order valence-corrected chi connectivity index (χ4v) is 2.59. The van der Waals surface area contributed by atoms with Crippen molar-refractivity contribution in [1.29, 1.82) is 0 Å². The van der Waals surface area contributed by atoms with Crippen LogP contribution in [0.15, 0.2) is 5.16 Å². The SMILES string of the molecule is CCC1OC2(CCN(C)CC2)C/C1=N\O. The van der Waals surface area contributed by atoms with Gasteiger partial charge in [-0.15, -0.1) is 0 Å². The van der Waals surface area contributed by atoms with Crippen LogP contribution in [0.4, 0.5) is 0 Å². The zero-order chi connectivity index (χ0) is 10.9. The molecule has 2 heterocycles. The number of hydrogen-bond acceptors (Lipinski definition) is 4. The van der Waals surface area contributed by atoms with Crippen molar-refractivity contribution in [2.24, 2.45) is 5.16 Å². The summed E-state index contributed by atoms with van der Waals surface area (Å²) < 4.78 is 6.07. The second kappa shape index (κ2) is 4.10. The third kappa shape index (κ3) is 2.01. The molecule has 0 saturated carbocycles. The van der Waals surface area contributed by atoms with E-state index in [-0.39, 0.29) is 11.7 Å². The summed E-state index contributed by atoms with van der Waals surface area (Å²) in [7, 11) is 2.14. The first-order valence-corrected chi connectivity index (χ1v) is 5.76. The van der Waals surface area contributed by atoms with Gasteiger partial charge < -0.3 is 14.8 Å². The van der Waals surface area contributed by atoms with Crippen molar-refractivity contribution >= 4 is 5.71 Å². The van der Waals surface area contributed by atoms with Gasteiger partial charge in [-0.1, -0.05) is 12.1 Å². The molecule has 0 aromatic heterocycles. The summed E-state index contributed by atoms with van der Waals surface area (Å²) in [5.41, 5.74) is 0.802. The first-order chi connectivity index (χ1) is 7.19. The molecule has 2 aliphatic heterocycles. The minimum Gasteiger partial charge on any atom is -0.411 e. The van der Waals surface area contributed by atoms with Gasteiger partial charge in [-0.2, -0.15) is 0 Å². The third-order valence-electron chi connectivity index (χ3n) is 3.66. The maximum Gasteiger partial charge on any atom is 0.0995 e. The summed E-state index contributed by atoms with van der Waals surface area (Å²) in [6.45, 7) is 4.23. The van der Waals surface area contributed by atoms with Gasteiger partial charge in [0.25, 0.3) is 0 Å². The Labute approximate surface area is 90.9 Å². The summed E-state index contributed by atoms with van der Waals surface area (Å²) in [4.78, 5) is 2.32. The zero-order valence-electron chi connectivity index (χ0n) is 9.57. The summed E-state index contributed by atoms with van der Waals surface area (Å²) in [6, 6.07) is 0. The van der Waals surface area contributed by atoms with Crippen LogP contribution in [0.25, 0.3) is 0 Å². The lowest BCUT2D eigenvalue weighted by Crippen LogP contribution is -2.42. The van der Waals surface area contributed by atoms with Gasteiger partial charge in [0.05, 0.1) is 17.4 Å². The molecule has 0 aromatic rings. The molecule has 0 aromatic carbocycles. The van der Waals surface area contributed by atoms with Crippen LogP contribution < -0.4 is 0 Å². The lowest BCUT2D eigenvalue weighted by molar-refractivity contribution is -0.0714. The van der Waals surface area contributed by atoms with Crippen LogP contribution in [0.3, 0.4) is 0 Å². The van der Waals surface area contributed by atoms with E-state index in [1.54, 1.807) is 0 Å². The van der Waals surface area contributed by atoms with Crippen molar-refractivity contribution in [3.8, 4) is 0 Å². The third-order valence-corrected chi connectivity index (χ3v) is 3.66. The van der Waals surface area contributed by atoms with E-state index in [0.29, 0.717) is 0 Å². The monoisotopic (exact) mass is 212 g/mol. The molecule has 2 saturated heterocycles. The van der Waals surface area contributed by atoms with Crippen LogP contribution in [0.1, 0.15) is 32.6 Å². The van der Waals surface area contributed by atoms with Crippen molar-refractivity contribution in [2.45, 2.75) is 44.3 Å². The van der Waals surface area contributed by atoms with Crippen LogP contribution in [0.2, 0.25) is 0 Å². The maximum atomic E-state index is 8.93. The van der Waals surface area contributed by atoms with E-state index in [1.807, 2.05) is 0 Å². The molecule has 2 rings (SSSR count). The van der Waals surface area contributed by atoms with E-state index < -0.39 is 0 Å². The Balaban J connectivity index is 2.06. The van der Waals surface area contributed by atoms with Crippen molar-refractivity contribution < 1.29 is 9.94 Å². The zero-order valence-corrected chi connectivity index (χ0v) is 9.57. The van der Waals surface area contributed by atoms with E-state index in [9.17, 15) is 0 Å². The molecule has 1 unspecified atom stereocenters. The highest BCUT2D eigenvalue weighted by Crippen LogP contribution is 2.38. The number of ether oxygens (including phenoxy) is 1. The molecular formula is C11H20N2O2. The number of hydrogen-bond donors (Lipinski definition) is 1.